The molecule has 2 aliphatic heterocycles. The van der Waals surface area contributed by atoms with E-state index in [-0.39, 0.29) is 25.0 Å². The number of nitrogens with zero attached hydrogens (tertiary/aromatic N) is 3. The molecule has 1 saturated heterocycles. The number of carbonyl (C=O) groups is 2. The second kappa shape index (κ2) is 9.91. The van der Waals surface area contributed by atoms with Crippen LogP contribution < -0.4 is 0 Å². The Morgan fingerprint density at radius 1 is 1.07 bits per heavy atom. The lowest BCUT2D eigenvalue weighted by Gasteiger charge is -2.36. The Bertz CT molecular complexity index is 807. The first-order valence-corrected chi connectivity index (χ1v) is 10.4. The van der Waals surface area contributed by atoms with Crippen LogP contribution in [0.1, 0.15) is 12.0 Å². The molecule has 0 atom stereocenters. The molecule has 0 unspecified atom stereocenters. The molecular formula is C20H25Cl2N3O4. The lowest BCUT2D eigenvalue weighted by atomic mass is 10.0. The average Bonchev–Trinajstić information content (AvgIpc) is 2.94. The third kappa shape index (κ3) is 4.75. The van der Waals surface area contributed by atoms with Crippen molar-refractivity contribution in [2.45, 2.75) is 6.42 Å². The number of halogens is 2. The van der Waals surface area contributed by atoms with Crippen molar-refractivity contribution in [3.63, 3.8) is 0 Å². The summed E-state index contributed by atoms with van der Waals surface area (Å²) >= 11 is 12.4. The highest BCUT2D eigenvalue weighted by Crippen LogP contribution is 2.36. The van der Waals surface area contributed by atoms with Crippen molar-refractivity contribution in [2.24, 2.45) is 0 Å². The number of carbonyl (C=O) groups excluding carboxylic acids is 2. The first-order chi connectivity index (χ1) is 14.0. The molecule has 29 heavy (non-hydrogen) atoms. The van der Waals surface area contributed by atoms with E-state index < -0.39 is 0 Å². The van der Waals surface area contributed by atoms with E-state index >= 15 is 0 Å². The van der Waals surface area contributed by atoms with Crippen molar-refractivity contribution in [1.29, 1.82) is 0 Å². The van der Waals surface area contributed by atoms with E-state index in [0.717, 1.165) is 0 Å². The van der Waals surface area contributed by atoms with Gasteiger partial charge in [-0.05, 0) is 18.6 Å². The van der Waals surface area contributed by atoms with Crippen LogP contribution in [0.5, 0.6) is 0 Å². The first-order valence-electron chi connectivity index (χ1n) is 9.61. The van der Waals surface area contributed by atoms with Crippen molar-refractivity contribution in [1.82, 2.24) is 14.7 Å². The monoisotopic (exact) mass is 441 g/mol. The molecule has 0 aliphatic carbocycles. The Kier molecular flexibility index (Phi) is 7.54. The summed E-state index contributed by atoms with van der Waals surface area (Å²) in [5.74, 6) is -0.647. The van der Waals surface area contributed by atoms with Gasteiger partial charge >= 0.3 is 0 Å². The average molecular weight is 442 g/mol. The van der Waals surface area contributed by atoms with Crippen molar-refractivity contribution in [3.8, 4) is 0 Å². The van der Waals surface area contributed by atoms with Crippen molar-refractivity contribution in [2.75, 3.05) is 59.6 Å². The number of imide groups is 1. The zero-order chi connectivity index (χ0) is 21.0. The van der Waals surface area contributed by atoms with Gasteiger partial charge in [-0.3, -0.25) is 19.4 Å². The normalized spacial score (nSPS) is 18.3. The zero-order valence-corrected chi connectivity index (χ0v) is 17.9. The van der Waals surface area contributed by atoms with Crippen LogP contribution in [0.3, 0.4) is 0 Å². The maximum absolute atomic E-state index is 13.2. The van der Waals surface area contributed by atoms with Gasteiger partial charge in [0, 0.05) is 63.6 Å². The molecule has 1 aromatic rings. The van der Waals surface area contributed by atoms with Gasteiger partial charge in [-0.1, -0.05) is 29.3 Å². The fraction of sp³-hybridized carbons (Fsp3) is 0.500. The van der Waals surface area contributed by atoms with E-state index in [1.165, 1.54) is 4.90 Å². The van der Waals surface area contributed by atoms with Gasteiger partial charge < -0.3 is 14.7 Å². The van der Waals surface area contributed by atoms with Gasteiger partial charge in [-0.15, -0.1) is 0 Å². The fourth-order valence-corrected chi connectivity index (χ4v) is 4.20. The molecule has 2 heterocycles. The summed E-state index contributed by atoms with van der Waals surface area (Å²) in [5.41, 5.74) is 1.22. The van der Waals surface area contributed by atoms with Crippen LogP contribution in [-0.4, -0.2) is 91.2 Å². The van der Waals surface area contributed by atoms with Gasteiger partial charge in [0.2, 0.25) is 0 Å². The van der Waals surface area contributed by atoms with E-state index in [1.54, 1.807) is 25.3 Å². The van der Waals surface area contributed by atoms with Crippen LogP contribution in [0, 0.1) is 0 Å². The molecule has 0 aromatic heterocycles. The molecule has 0 spiro atoms. The Labute approximate surface area is 180 Å². The highest BCUT2D eigenvalue weighted by Gasteiger charge is 2.42. The highest BCUT2D eigenvalue weighted by molar-refractivity contribution is 6.41. The molecule has 1 fully saturated rings. The number of hydrogen-bond acceptors (Lipinski definition) is 6. The van der Waals surface area contributed by atoms with Crippen LogP contribution in [0.25, 0.3) is 5.57 Å². The van der Waals surface area contributed by atoms with Gasteiger partial charge in [0.05, 0.1) is 17.2 Å². The summed E-state index contributed by atoms with van der Waals surface area (Å²) in [7, 11) is 1.59. The molecule has 1 N–H and O–H groups in total. The van der Waals surface area contributed by atoms with E-state index in [4.69, 9.17) is 33.0 Å². The number of piperazine rings is 1. The lowest BCUT2D eigenvalue weighted by Crippen LogP contribution is -2.48. The van der Waals surface area contributed by atoms with Crippen molar-refractivity contribution < 1.29 is 19.4 Å². The minimum Gasteiger partial charge on any atom is -0.395 e. The molecule has 158 valence electrons. The molecule has 1 aromatic carbocycles. The maximum Gasteiger partial charge on any atom is 0.277 e. The van der Waals surface area contributed by atoms with Gasteiger partial charge in [0.15, 0.2) is 0 Å². The molecule has 9 heteroatoms. The molecule has 0 saturated carbocycles. The highest BCUT2D eigenvalue weighted by atomic mass is 35.5. The standard InChI is InChI=1S/C20H25Cl2N3O4/c1-29-12-2-5-25-19(27)17(15-4-3-14(21)13-16(15)22)18(20(25)28)24-8-6-23(7-9-24)10-11-26/h3-4,13,26H,2,5-12H2,1H3. The predicted molar refractivity (Wildman–Crippen MR) is 112 cm³/mol. The number of aliphatic hydroxyl groups is 1. The van der Waals surface area contributed by atoms with Gasteiger partial charge in [-0.25, -0.2) is 0 Å². The number of ether oxygens (including phenoxy) is 1. The molecule has 7 nitrogen and oxygen atoms in total. The first kappa shape index (κ1) is 22.1. The fourth-order valence-electron chi connectivity index (χ4n) is 3.70. The number of benzene rings is 1. The number of methoxy groups -OCH3 is 1. The van der Waals surface area contributed by atoms with Crippen LogP contribution in [0.15, 0.2) is 23.9 Å². The minimum atomic E-state index is -0.344. The van der Waals surface area contributed by atoms with E-state index in [9.17, 15) is 9.59 Å². The predicted octanol–water partition coefficient (Wildman–Crippen LogP) is 1.72. The second-order valence-electron chi connectivity index (χ2n) is 7.01. The summed E-state index contributed by atoms with van der Waals surface area (Å²) in [5, 5.41) is 9.95. The SMILES string of the molecule is COCCCN1C(=O)C(c2ccc(Cl)cc2Cl)=C(N2CCN(CCO)CC2)C1=O. The van der Waals surface area contributed by atoms with Crippen LogP contribution in [0.4, 0.5) is 0 Å². The molecule has 2 amide bonds. The molecular weight excluding hydrogens is 417 g/mol. The molecule has 3 rings (SSSR count). The second-order valence-corrected chi connectivity index (χ2v) is 7.85. The van der Waals surface area contributed by atoms with Crippen LogP contribution >= 0.6 is 23.2 Å². The number of hydrogen-bond donors (Lipinski definition) is 1. The van der Waals surface area contributed by atoms with E-state index in [1.807, 2.05) is 4.90 Å². The van der Waals surface area contributed by atoms with E-state index in [0.29, 0.717) is 72.6 Å². The van der Waals surface area contributed by atoms with Crippen LogP contribution in [0.2, 0.25) is 10.0 Å². The summed E-state index contributed by atoms with van der Waals surface area (Å²) < 4.78 is 5.06. The van der Waals surface area contributed by atoms with Gasteiger partial charge in [-0.2, -0.15) is 0 Å². The topological polar surface area (TPSA) is 73.3 Å². The lowest BCUT2D eigenvalue weighted by molar-refractivity contribution is -0.137. The number of amides is 2. The third-order valence-electron chi connectivity index (χ3n) is 5.18. The Morgan fingerprint density at radius 3 is 2.41 bits per heavy atom. The molecule has 0 radical (unpaired) electrons. The number of rotatable bonds is 8. The zero-order valence-electron chi connectivity index (χ0n) is 16.4. The molecule has 2 aliphatic rings. The summed E-state index contributed by atoms with van der Waals surface area (Å²) in [6.07, 6.45) is 0.563. The minimum absolute atomic E-state index is 0.0963. The Hall–Kier alpha value is -1.64. The Balaban J connectivity index is 1.94. The van der Waals surface area contributed by atoms with E-state index in [2.05, 4.69) is 4.90 Å². The van der Waals surface area contributed by atoms with Gasteiger partial charge in [0.1, 0.15) is 5.70 Å². The molecule has 0 bridgehead atoms. The van der Waals surface area contributed by atoms with Gasteiger partial charge in [0.25, 0.3) is 11.8 Å². The largest absolute Gasteiger partial charge is 0.395 e. The Morgan fingerprint density at radius 2 is 1.79 bits per heavy atom. The number of aliphatic hydroxyl groups excluding tert-OH is 1. The third-order valence-corrected chi connectivity index (χ3v) is 5.73. The number of β-amino-alcohol motifs (C(OH)–C–C–N with tert-alkyl or cyclic N) is 1. The van der Waals surface area contributed by atoms with Crippen molar-refractivity contribution >= 4 is 40.6 Å². The maximum atomic E-state index is 13.2. The quantitative estimate of drug-likeness (QED) is 0.489. The summed E-state index contributed by atoms with van der Waals surface area (Å²) in [4.78, 5) is 31.8. The smallest absolute Gasteiger partial charge is 0.277 e. The summed E-state index contributed by atoms with van der Waals surface area (Å²) in [6, 6.07) is 4.93. The summed E-state index contributed by atoms with van der Waals surface area (Å²) in [6.45, 7) is 4.03. The van der Waals surface area contributed by atoms with Crippen molar-refractivity contribution in [3.05, 3.63) is 39.5 Å². The van der Waals surface area contributed by atoms with Crippen LogP contribution in [-0.2, 0) is 14.3 Å².